The lowest BCUT2D eigenvalue weighted by molar-refractivity contribution is 0.0697. The number of nitrogens with zero attached hydrogens (tertiary/aromatic N) is 1. The molecule has 0 bridgehead atoms. The molecular weight excluding hydrogens is 400 g/mol. The van der Waals surface area contributed by atoms with Crippen molar-refractivity contribution in [2.75, 3.05) is 0 Å². The first-order valence-electron chi connectivity index (χ1n) is 8.54. The molecule has 2 aromatic carbocycles. The van der Waals surface area contributed by atoms with Crippen LogP contribution in [-0.2, 0) is 6.42 Å². The maximum Gasteiger partial charge on any atom is 0.337 e. The van der Waals surface area contributed by atoms with Crippen LogP contribution in [0.4, 0.5) is 8.78 Å². The number of aryl methyl sites for hydroxylation is 1. The highest BCUT2D eigenvalue weighted by Gasteiger charge is 2.26. The number of carboxylic acids is 1. The fourth-order valence-corrected chi connectivity index (χ4v) is 4.10. The van der Waals surface area contributed by atoms with E-state index < -0.39 is 23.4 Å². The molecule has 0 aliphatic heterocycles. The van der Waals surface area contributed by atoms with Crippen molar-refractivity contribution in [1.29, 1.82) is 0 Å². The zero-order valence-electron chi connectivity index (χ0n) is 15.0. The number of benzene rings is 2. The number of hydrogen-bond acceptors (Lipinski definition) is 5. The van der Waals surface area contributed by atoms with Crippen LogP contribution in [-0.4, -0.2) is 21.8 Å². The summed E-state index contributed by atoms with van der Waals surface area (Å²) in [5, 5.41) is 11.1. The van der Waals surface area contributed by atoms with E-state index in [1.54, 1.807) is 24.3 Å². The first-order valence-corrected chi connectivity index (χ1v) is 9.42. The van der Waals surface area contributed by atoms with Crippen molar-refractivity contribution in [3.63, 3.8) is 0 Å². The van der Waals surface area contributed by atoms with E-state index in [-0.39, 0.29) is 39.4 Å². The molecule has 5 nitrogen and oxygen atoms in total. The van der Waals surface area contributed by atoms with Gasteiger partial charge in [0, 0.05) is 12.0 Å². The monoisotopic (exact) mass is 413 g/mol. The Bertz CT molecular complexity index is 1240. The Morgan fingerprint density at radius 3 is 2.62 bits per heavy atom. The summed E-state index contributed by atoms with van der Waals surface area (Å²) in [6.07, 6.45) is -0.291. The van der Waals surface area contributed by atoms with Crippen molar-refractivity contribution in [2.45, 2.75) is 13.3 Å². The van der Waals surface area contributed by atoms with Crippen LogP contribution in [0.2, 0.25) is 0 Å². The average Bonchev–Trinajstić information content (AvgIpc) is 3.30. The van der Waals surface area contributed by atoms with Gasteiger partial charge in [0.05, 0.1) is 10.4 Å². The van der Waals surface area contributed by atoms with E-state index in [4.69, 9.17) is 4.42 Å². The normalized spacial score (nSPS) is 11.1. The van der Waals surface area contributed by atoms with Crippen molar-refractivity contribution in [2.24, 2.45) is 0 Å². The van der Waals surface area contributed by atoms with E-state index in [2.05, 4.69) is 4.98 Å². The Morgan fingerprint density at radius 1 is 1.14 bits per heavy atom. The van der Waals surface area contributed by atoms with Crippen LogP contribution >= 0.6 is 11.3 Å². The SMILES string of the molecule is Cc1ccc(-c2scc(CC(=O)c3nc4ccccc4o3)c2C(=O)O)c(F)c1F. The molecule has 0 radical (unpaired) electrons. The van der Waals surface area contributed by atoms with E-state index in [0.29, 0.717) is 11.1 Å². The van der Waals surface area contributed by atoms with Crippen LogP contribution in [0.15, 0.2) is 46.2 Å². The Kier molecular flexibility index (Phi) is 4.71. The molecule has 8 heteroatoms. The lowest BCUT2D eigenvalue weighted by Crippen LogP contribution is -2.08. The van der Waals surface area contributed by atoms with Crippen LogP contribution in [0, 0.1) is 18.6 Å². The number of oxazole rings is 1. The lowest BCUT2D eigenvalue weighted by atomic mass is 10.0. The van der Waals surface area contributed by atoms with Gasteiger partial charge >= 0.3 is 5.97 Å². The van der Waals surface area contributed by atoms with Gasteiger partial charge in [0.25, 0.3) is 5.89 Å². The third-order valence-electron chi connectivity index (χ3n) is 4.48. The molecule has 1 N–H and O–H groups in total. The maximum atomic E-state index is 14.4. The van der Waals surface area contributed by atoms with Crippen molar-refractivity contribution >= 4 is 34.2 Å². The predicted octanol–water partition coefficient (Wildman–Crippen LogP) is 5.27. The van der Waals surface area contributed by atoms with Gasteiger partial charge < -0.3 is 9.52 Å². The number of ketones is 1. The molecule has 0 atom stereocenters. The molecule has 146 valence electrons. The number of Topliss-reactive ketones (excluding diaryl/α,β-unsaturated/α-hetero) is 1. The quantitative estimate of drug-likeness (QED) is 0.451. The van der Waals surface area contributed by atoms with Crippen LogP contribution in [0.25, 0.3) is 21.5 Å². The highest BCUT2D eigenvalue weighted by Crippen LogP contribution is 2.36. The lowest BCUT2D eigenvalue weighted by Gasteiger charge is -2.06. The summed E-state index contributed by atoms with van der Waals surface area (Å²) in [6.45, 7) is 1.42. The number of para-hydroxylation sites is 2. The second kappa shape index (κ2) is 7.21. The molecule has 0 saturated carbocycles. The van der Waals surface area contributed by atoms with Crippen molar-refractivity contribution < 1.29 is 27.9 Å². The fourth-order valence-electron chi connectivity index (χ4n) is 3.02. The third kappa shape index (κ3) is 3.31. The van der Waals surface area contributed by atoms with Gasteiger partial charge in [-0.05, 0) is 35.6 Å². The van der Waals surface area contributed by atoms with Gasteiger partial charge in [-0.1, -0.05) is 24.3 Å². The number of rotatable bonds is 5. The van der Waals surface area contributed by atoms with Gasteiger partial charge in [-0.3, -0.25) is 4.79 Å². The minimum Gasteiger partial charge on any atom is -0.478 e. The van der Waals surface area contributed by atoms with Crippen molar-refractivity contribution in [1.82, 2.24) is 4.98 Å². The van der Waals surface area contributed by atoms with Crippen LogP contribution in [0.3, 0.4) is 0 Å². The number of carboxylic acid groups (broad SMARTS) is 1. The smallest absolute Gasteiger partial charge is 0.337 e. The summed E-state index contributed by atoms with van der Waals surface area (Å²) in [5.74, 6) is -4.13. The average molecular weight is 413 g/mol. The number of aromatic carboxylic acids is 1. The van der Waals surface area contributed by atoms with Gasteiger partial charge in [0.15, 0.2) is 17.2 Å². The molecule has 0 fully saturated rings. The molecule has 0 unspecified atom stereocenters. The van der Waals surface area contributed by atoms with E-state index >= 15 is 0 Å². The fraction of sp³-hybridized carbons (Fsp3) is 0.0952. The van der Waals surface area contributed by atoms with Crippen molar-refractivity contribution in [3.05, 3.63) is 76.0 Å². The first-order chi connectivity index (χ1) is 13.9. The van der Waals surface area contributed by atoms with Crippen LogP contribution in [0.1, 0.15) is 32.2 Å². The zero-order valence-corrected chi connectivity index (χ0v) is 15.8. The Hall–Kier alpha value is -3.39. The molecule has 0 saturated heterocycles. The summed E-state index contributed by atoms with van der Waals surface area (Å²) in [6, 6.07) is 9.56. The number of halogens is 2. The Labute approximate surface area is 167 Å². The maximum absolute atomic E-state index is 14.4. The topological polar surface area (TPSA) is 80.4 Å². The number of hydrogen-bond donors (Lipinski definition) is 1. The largest absolute Gasteiger partial charge is 0.478 e. The second-order valence-electron chi connectivity index (χ2n) is 6.41. The molecule has 2 heterocycles. The summed E-state index contributed by atoms with van der Waals surface area (Å²) in [4.78, 5) is 28.6. The highest BCUT2D eigenvalue weighted by molar-refractivity contribution is 7.14. The van der Waals surface area contributed by atoms with Gasteiger partial charge in [0.2, 0.25) is 5.78 Å². The summed E-state index contributed by atoms with van der Waals surface area (Å²) < 4.78 is 33.8. The Balaban J connectivity index is 1.73. The van der Waals surface area contributed by atoms with E-state index in [1.165, 1.54) is 24.4 Å². The molecule has 0 aliphatic carbocycles. The standard InChI is InChI=1S/C21H13F2NO4S/c1-10-6-7-12(18(23)17(10)22)19-16(21(26)27)11(9-29-19)8-14(25)20-24-13-4-2-3-5-15(13)28-20/h2-7,9H,8H2,1H3,(H,26,27). The number of aromatic nitrogens is 1. The van der Waals surface area contributed by atoms with E-state index in [1.807, 2.05) is 0 Å². The number of carbonyl (C=O) groups excluding carboxylic acids is 1. The molecule has 29 heavy (non-hydrogen) atoms. The molecule has 0 aliphatic rings. The second-order valence-corrected chi connectivity index (χ2v) is 7.29. The minimum absolute atomic E-state index is 0.0502. The van der Waals surface area contributed by atoms with Crippen molar-refractivity contribution in [3.8, 4) is 10.4 Å². The Morgan fingerprint density at radius 2 is 1.90 bits per heavy atom. The summed E-state index contributed by atoms with van der Waals surface area (Å²) in [7, 11) is 0. The molecule has 4 aromatic rings. The highest BCUT2D eigenvalue weighted by atomic mass is 32.1. The molecule has 4 rings (SSSR count). The summed E-state index contributed by atoms with van der Waals surface area (Å²) >= 11 is 0.938. The summed E-state index contributed by atoms with van der Waals surface area (Å²) in [5.41, 5.74) is 0.865. The van der Waals surface area contributed by atoms with Crippen LogP contribution < -0.4 is 0 Å². The molecule has 0 amide bonds. The van der Waals surface area contributed by atoms with Gasteiger partial charge in [-0.2, -0.15) is 0 Å². The van der Waals surface area contributed by atoms with E-state index in [0.717, 1.165) is 11.3 Å². The predicted molar refractivity (Wildman–Crippen MR) is 103 cm³/mol. The zero-order chi connectivity index (χ0) is 20.7. The number of thiophene rings is 1. The van der Waals surface area contributed by atoms with E-state index in [9.17, 15) is 23.5 Å². The number of fused-ring (bicyclic) bond motifs is 1. The molecule has 2 aromatic heterocycles. The van der Waals surface area contributed by atoms with Gasteiger partial charge in [-0.15, -0.1) is 11.3 Å². The van der Waals surface area contributed by atoms with Gasteiger partial charge in [0.1, 0.15) is 5.52 Å². The molecular formula is C21H13F2NO4S. The number of carbonyl (C=O) groups is 2. The first kappa shape index (κ1) is 18.9. The van der Waals surface area contributed by atoms with Gasteiger partial charge in [-0.25, -0.2) is 18.6 Å². The molecule has 0 spiro atoms. The minimum atomic E-state index is -1.33. The third-order valence-corrected chi connectivity index (χ3v) is 5.55. The van der Waals surface area contributed by atoms with Crippen LogP contribution in [0.5, 0.6) is 0 Å².